The number of para-hydroxylation sites is 2. The van der Waals surface area contributed by atoms with Crippen molar-refractivity contribution in [2.45, 2.75) is 6.61 Å². The molecule has 0 aliphatic rings. The molecule has 2 aromatic carbocycles. The van der Waals surface area contributed by atoms with Crippen molar-refractivity contribution < 1.29 is 9.53 Å². The number of nitrogens with one attached hydrogen (secondary N) is 1. The molecule has 0 saturated heterocycles. The topological polar surface area (TPSA) is 56.1 Å². The molecule has 0 radical (unpaired) electrons. The van der Waals surface area contributed by atoms with Crippen molar-refractivity contribution in [2.24, 2.45) is 0 Å². The summed E-state index contributed by atoms with van der Waals surface area (Å²) in [6.07, 6.45) is 3.19. The molecule has 0 aliphatic heterocycles. The summed E-state index contributed by atoms with van der Waals surface area (Å²) in [6, 6.07) is 17.2. The first-order valence-electron chi connectivity index (χ1n) is 7.25. The third kappa shape index (κ3) is 3.30. The van der Waals surface area contributed by atoms with E-state index >= 15 is 0 Å². The van der Waals surface area contributed by atoms with Gasteiger partial charge in [-0.2, -0.15) is 0 Å². The summed E-state index contributed by atoms with van der Waals surface area (Å²) in [7, 11) is 1.63. The second kappa shape index (κ2) is 6.89. The van der Waals surface area contributed by atoms with Crippen molar-refractivity contribution in [1.82, 2.24) is 9.55 Å². The Bertz CT molecular complexity index is 797. The van der Waals surface area contributed by atoms with Crippen LogP contribution in [0.15, 0.2) is 67.1 Å². The molecule has 0 aliphatic carbocycles. The van der Waals surface area contributed by atoms with Gasteiger partial charge in [0, 0.05) is 24.0 Å². The molecule has 1 amide bonds. The number of methoxy groups -OCH3 is 1. The minimum atomic E-state index is -0.213. The summed E-state index contributed by atoms with van der Waals surface area (Å²) in [4.78, 5) is 16.7. The molecular weight excluding hydrogens is 290 g/mol. The van der Waals surface area contributed by atoms with Gasteiger partial charge in [-0.15, -0.1) is 0 Å². The molecule has 0 atom stereocenters. The number of benzene rings is 2. The molecule has 116 valence electrons. The average molecular weight is 307 g/mol. The number of amides is 1. The molecule has 3 aromatic rings. The SMILES string of the molecule is COCc1ccccc1NC(=O)c1cncn1-c1ccccc1. The first kappa shape index (κ1) is 15.0. The number of imidazole rings is 1. The van der Waals surface area contributed by atoms with Gasteiger partial charge in [0.15, 0.2) is 0 Å². The Morgan fingerprint density at radius 2 is 1.87 bits per heavy atom. The molecule has 5 heteroatoms. The van der Waals surface area contributed by atoms with E-state index in [2.05, 4.69) is 10.3 Å². The zero-order valence-electron chi connectivity index (χ0n) is 12.8. The molecule has 1 heterocycles. The fraction of sp³-hybridized carbons (Fsp3) is 0.111. The van der Waals surface area contributed by atoms with Crippen LogP contribution in [0.3, 0.4) is 0 Å². The summed E-state index contributed by atoms with van der Waals surface area (Å²) in [5.41, 5.74) is 3.03. The van der Waals surface area contributed by atoms with Crippen LogP contribution in [0.25, 0.3) is 5.69 Å². The van der Waals surface area contributed by atoms with Crippen LogP contribution in [0, 0.1) is 0 Å². The molecule has 1 aromatic heterocycles. The van der Waals surface area contributed by atoms with Gasteiger partial charge in [-0.1, -0.05) is 36.4 Å². The Kier molecular flexibility index (Phi) is 4.49. The predicted octanol–water partition coefficient (Wildman–Crippen LogP) is 3.27. The summed E-state index contributed by atoms with van der Waals surface area (Å²) in [5.74, 6) is -0.213. The van der Waals surface area contributed by atoms with E-state index in [0.717, 1.165) is 16.9 Å². The number of nitrogens with zero attached hydrogens (tertiary/aromatic N) is 2. The largest absolute Gasteiger partial charge is 0.380 e. The van der Waals surface area contributed by atoms with E-state index in [0.29, 0.717) is 12.3 Å². The molecule has 5 nitrogen and oxygen atoms in total. The standard InChI is InChI=1S/C18H17N3O2/c1-23-12-14-7-5-6-10-16(14)20-18(22)17-11-19-13-21(17)15-8-3-2-4-9-15/h2-11,13H,12H2,1H3,(H,20,22). The molecule has 3 rings (SSSR count). The van der Waals surface area contributed by atoms with Gasteiger partial charge in [-0.05, 0) is 18.2 Å². The Hall–Kier alpha value is -2.92. The lowest BCUT2D eigenvalue weighted by molar-refractivity contribution is 0.102. The van der Waals surface area contributed by atoms with Gasteiger partial charge >= 0.3 is 0 Å². The number of anilines is 1. The average Bonchev–Trinajstić information content (AvgIpc) is 3.07. The van der Waals surface area contributed by atoms with Crippen molar-refractivity contribution >= 4 is 11.6 Å². The lowest BCUT2D eigenvalue weighted by atomic mass is 10.2. The van der Waals surface area contributed by atoms with E-state index in [9.17, 15) is 4.79 Å². The monoisotopic (exact) mass is 307 g/mol. The summed E-state index contributed by atoms with van der Waals surface area (Å²) in [5, 5.41) is 2.93. The molecular formula is C18H17N3O2. The van der Waals surface area contributed by atoms with Crippen LogP contribution in [-0.4, -0.2) is 22.6 Å². The number of hydrogen-bond acceptors (Lipinski definition) is 3. The zero-order valence-corrected chi connectivity index (χ0v) is 12.8. The van der Waals surface area contributed by atoms with Gasteiger partial charge in [0.1, 0.15) is 5.69 Å². The van der Waals surface area contributed by atoms with Gasteiger partial charge in [-0.25, -0.2) is 4.98 Å². The minimum Gasteiger partial charge on any atom is -0.380 e. The van der Waals surface area contributed by atoms with Crippen LogP contribution in [-0.2, 0) is 11.3 Å². The Labute approximate surface area is 134 Å². The van der Waals surface area contributed by atoms with E-state index in [-0.39, 0.29) is 5.91 Å². The third-order valence-corrected chi connectivity index (χ3v) is 3.47. The second-order valence-electron chi connectivity index (χ2n) is 5.03. The highest BCUT2D eigenvalue weighted by atomic mass is 16.5. The molecule has 0 bridgehead atoms. The molecule has 23 heavy (non-hydrogen) atoms. The van der Waals surface area contributed by atoms with Gasteiger partial charge in [0.05, 0.1) is 19.1 Å². The predicted molar refractivity (Wildman–Crippen MR) is 88.7 cm³/mol. The van der Waals surface area contributed by atoms with Gasteiger partial charge in [-0.3, -0.25) is 9.36 Å². The maximum Gasteiger partial charge on any atom is 0.274 e. The van der Waals surface area contributed by atoms with Crippen LogP contribution < -0.4 is 5.32 Å². The van der Waals surface area contributed by atoms with Crippen molar-refractivity contribution in [1.29, 1.82) is 0 Å². The molecule has 0 saturated carbocycles. The quantitative estimate of drug-likeness (QED) is 0.787. The van der Waals surface area contributed by atoms with Crippen LogP contribution in [0.4, 0.5) is 5.69 Å². The molecule has 1 N–H and O–H groups in total. The van der Waals surface area contributed by atoms with Crippen LogP contribution in [0.1, 0.15) is 16.1 Å². The Morgan fingerprint density at radius 3 is 2.65 bits per heavy atom. The Balaban J connectivity index is 1.87. The first-order valence-corrected chi connectivity index (χ1v) is 7.25. The number of hydrogen-bond donors (Lipinski definition) is 1. The summed E-state index contributed by atoms with van der Waals surface area (Å²) >= 11 is 0. The van der Waals surface area contributed by atoms with Crippen molar-refractivity contribution in [3.63, 3.8) is 0 Å². The van der Waals surface area contributed by atoms with Crippen molar-refractivity contribution in [3.8, 4) is 5.69 Å². The van der Waals surface area contributed by atoms with Crippen LogP contribution >= 0.6 is 0 Å². The fourth-order valence-electron chi connectivity index (χ4n) is 2.37. The molecule has 0 unspecified atom stereocenters. The maximum absolute atomic E-state index is 12.6. The Morgan fingerprint density at radius 1 is 1.13 bits per heavy atom. The lowest BCUT2D eigenvalue weighted by Gasteiger charge is -2.12. The van der Waals surface area contributed by atoms with E-state index in [1.807, 2.05) is 54.6 Å². The number of ether oxygens (including phenoxy) is 1. The highest BCUT2D eigenvalue weighted by molar-refractivity contribution is 6.03. The van der Waals surface area contributed by atoms with Gasteiger partial charge in [0.25, 0.3) is 5.91 Å². The highest BCUT2D eigenvalue weighted by Crippen LogP contribution is 2.18. The number of rotatable bonds is 5. The first-order chi connectivity index (χ1) is 11.3. The smallest absolute Gasteiger partial charge is 0.274 e. The minimum absolute atomic E-state index is 0.213. The zero-order chi connectivity index (χ0) is 16.1. The van der Waals surface area contributed by atoms with Crippen LogP contribution in [0.2, 0.25) is 0 Å². The van der Waals surface area contributed by atoms with E-state index in [4.69, 9.17) is 4.74 Å². The molecule has 0 fully saturated rings. The highest BCUT2D eigenvalue weighted by Gasteiger charge is 2.14. The maximum atomic E-state index is 12.6. The summed E-state index contributed by atoms with van der Waals surface area (Å²) < 4.78 is 6.92. The van der Waals surface area contributed by atoms with Crippen molar-refractivity contribution in [2.75, 3.05) is 12.4 Å². The normalized spacial score (nSPS) is 10.5. The van der Waals surface area contributed by atoms with Gasteiger partial charge in [0.2, 0.25) is 0 Å². The number of aromatic nitrogens is 2. The number of carbonyl (C=O) groups is 1. The molecule has 0 spiro atoms. The van der Waals surface area contributed by atoms with E-state index in [1.165, 1.54) is 0 Å². The van der Waals surface area contributed by atoms with Crippen molar-refractivity contribution in [3.05, 3.63) is 78.4 Å². The third-order valence-electron chi connectivity index (χ3n) is 3.47. The number of carbonyl (C=O) groups excluding carboxylic acids is 1. The van der Waals surface area contributed by atoms with Crippen LogP contribution in [0.5, 0.6) is 0 Å². The summed E-state index contributed by atoms with van der Waals surface area (Å²) in [6.45, 7) is 0.439. The van der Waals surface area contributed by atoms with E-state index < -0.39 is 0 Å². The van der Waals surface area contributed by atoms with E-state index in [1.54, 1.807) is 24.2 Å². The fourth-order valence-corrected chi connectivity index (χ4v) is 2.37. The second-order valence-corrected chi connectivity index (χ2v) is 5.03. The lowest BCUT2D eigenvalue weighted by Crippen LogP contribution is -2.17. The van der Waals surface area contributed by atoms with Gasteiger partial charge < -0.3 is 10.1 Å².